The van der Waals surface area contributed by atoms with Gasteiger partial charge in [0, 0.05) is 43.3 Å². The van der Waals surface area contributed by atoms with Crippen molar-refractivity contribution in [3.8, 4) is 0 Å². The molecule has 0 radical (unpaired) electrons. The molecule has 0 atom stereocenters. The first-order valence-corrected chi connectivity index (χ1v) is 10.3. The van der Waals surface area contributed by atoms with E-state index in [1.807, 2.05) is 30.1 Å². The van der Waals surface area contributed by atoms with Crippen LogP contribution >= 0.6 is 11.6 Å². The van der Waals surface area contributed by atoms with E-state index in [1.54, 1.807) is 6.07 Å². The zero-order valence-corrected chi connectivity index (χ0v) is 17.0. The first-order chi connectivity index (χ1) is 14.1. The summed E-state index contributed by atoms with van der Waals surface area (Å²) in [5.41, 5.74) is 3.34. The fourth-order valence-corrected chi connectivity index (χ4v) is 4.21. The van der Waals surface area contributed by atoms with Gasteiger partial charge in [-0.15, -0.1) is 0 Å². The van der Waals surface area contributed by atoms with E-state index in [0.29, 0.717) is 29.5 Å². The summed E-state index contributed by atoms with van der Waals surface area (Å²) in [5, 5.41) is 10.8. The van der Waals surface area contributed by atoms with Crippen LogP contribution in [0.4, 0.5) is 21.5 Å². The number of hydrogen-bond acceptors (Lipinski definition) is 6. The van der Waals surface area contributed by atoms with Crippen molar-refractivity contribution in [2.75, 3.05) is 49.2 Å². The third kappa shape index (κ3) is 3.29. The normalized spacial score (nSPS) is 18.6. The molecule has 0 aliphatic carbocycles. The van der Waals surface area contributed by atoms with Crippen LogP contribution in [0, 0.1) is 5.82 Å². The van der Waals surface area contributed by atoms with Gasteiger partial charge >= 0.3 is 0 Å². The average molecular weight is 413 g/mol. The minimum absolute atomic E-state index is 0.294. The van der Waals surface area contributed by atoms with Crippen LogP contribution in [0.3, 0.4) is 0 Å². The molecular formula is C21H22ClFN6. The van der Waals surface area contributed by atoms with E-state index in [1.165, 1.54) is 12.1 Å². The van der Waals surface area contributed by atoms with Crippen LogP contribution in [0.15, 0.2) is 46.5 Å². The number of piperazine rings is 1. The Kier molecular flexibility index (Phi) is 4.73. The molecule has 3 heterocycles. The molecule has 6 nitrogen and oxygen atoms in total. The Morgan fingerprint density at radius 3 is 2.72 bits per heavy atom. The summed E-state index contributed by atoms with van der Waals surface area (Å²) in [5.74, 6) is 1.30. The Balaban J connectivity index is 1.66. The lowest BCUT2D eigenvalue weighted by Crippen LogP contribution is -2.52. The van der Waals surface area contributed by atoms with Crippen molar-refractivity contribution in [3.63, 3.8) is 0 Å². The second-order valence-corrected chi connectivity index (χ2v) is 7.76. The molecule has 0 bridgehead atoms. The molecule has 2 aromatic rings. The molecule has 3 aliphatic heterocycles. The van der Waals surface area contributed by atoms with Gasteiger partial charge in [-0.2, -0.15) is 5.10 Å². The average Bonchev–Trinajstić information content (AvgIpc) is 2.74. The van der Waals surface area contributed by atoms with E-state index in [9.17, 15) is 4.39 Å². The zero-order valence-electron chi connectivity index (χ0n) is 16.2. The van der Waals surface area contributed by atoms with Crippen LogP contribution in [0.2, 0.25) is 5.02 Å². The van der Waals surface area contributed by atoms with E-state index in [2.05, 4.69) is 15.1 Å². The molecule has 2 aromatic carbocycles. The molecule has 150 valence electrons. The van der Waals surface area contributed by atoms with E-state index >= 15 is 0 Å². The van der Waals surface area contributed by atoms with Crippen molar-refractivity contribution in [1.29, 1.82) is 0 Å². The molecule has 3 aliphatic rings. The third-order valence-electron chi connectivity index (χ3n) is 5.46. The Morgan fingerprint density at radius 2 is 1.93 bits per heavy atom. The molecule has 0 aromatic heterocycles. The van der Waals surface area contributed by atoms with Gasteiger partial charge in [0.25, 0.3) is 0 Å². The number of rotatable bonds is 3. The summed E-state index contributed by atoms with van der Waals surface area (Å²) in [4.78, 5) is 9.35. The van der Waals surface area contributed by atoms with Crippen LogP contribution in [0.25, 0.3) is 0 Å². The number of halogens is 2. The monoisotopic (exact) mass is 412 g/mol. The molecule has 0 spiro atoms. The van der Waals surface area contributed by atoms with Crippen LogP contribution in [-0.2, 0) is 0 Å². The zero-order chi connectivity index (χ0) is 20.0. The highest BCUT2D eigenvalue weighted by atomic mass is 35.5. The minimum atomic E-state index is -0.294. The van der Waals surface area contributed by atoms with Gasteiger partial charge in [0.2, 0.25) is 0 Å². The van der Waals surface area contributed by atoms with Crippen LogP contribution < -0.4 is 15.2 Å². The Morgan fingerprint density at radius 1 is 1.10 bits per heavy atom. The smallest absolute Gasteiger partial charge is 0.168 e. The van der Waals surface area contributed by atoms with E-state index in [-0.39, 0.29) is 5.82 Å². The van der Waals surface area contributed by atoms with Gasteiger partial charge in [0.15, 0.2) is 5.84 Å². The predicted octanol–water partition coefficient (Wildman–Crippen LogP) is 3.44. The quantitative estimate of drug-likeness (QED) is 0.839. The van der Waals surface area contributed by atoms with Crippen LogP contribution in [0.5, 0.6) is 0 Å². The number of hydrazone groups is 1. The van der Waals surface area contributed by atoms with Gasteiger partial charge in [0.05, 0.1) is 23.6 Å². The molecule has 1 saturated heterocycles. The summed E-state index contributed by atoms with van der Waals surface area (Å²) in [6.07, 6.45) is 0. The number of nitrogens with one attached hydrogen (secondary N) is 1. The molecule has 0 unspecified atom stereocenters. The van der Waals surface area contributed by atoms with E-state index < -0.39 is 0 Å². The maximum absolute atomic E-state index is 14.1. The van der Waals surface area contributed by atoms with E-state index in [0.717, 1.165) is 49.1 Å². The van der Waals surface area contributed by atoms with Crippen LogP contribution in [0.1, 0.15) is 12.5 Å². The number of fused-ring (bicyclic) bond motifs is 5. The minimum Gasteiger partial charge on any atom is -0.314 e. The van der Waals surface area contributed by atoms with Crippen LogP contribution in [-0.4, -0.2) is 55.8 Å². The Hall–Kier alpha value is -2.48. The summed E-state index contributed by atoms with van der Waals surface area (Å²) in [6.45, 7) is 7.27. The molecular weight excluding hydrogens is 391 g/mol. The van der Waals surface area contributed by atoms with Crippen molar-refractivity contribution in [2.45, 2.75) is 6.92 Å². The van der Waals surface area contributed by atoms with Gasteiger partial charge in [-0.3, -0.25) is 14.8 Å². The molecule has 1 fully saturated rings. The number of anilines is 2. The van der Waals surface area contributed by atoms with Crippen molar-refractivity contribution < 1.29 is 4.39 Å². The highest BCUT2D eigenvalue weighted by Crippen LogP contribution is 2.41. The fourth-order valence-electron chi connectivity index (χ4n) is 4.05. The molecule has 0 saturated carbocycles. The Labute approximate surface area is 174 Å². The standard InChI is InChI=1S/C21H22ClFN6/c1-2-28-19-11-14(22)3-6-18(19)29-20(13-27-9-7-24-8-10-27)25-17-5-4-15(23)12-16(17)21(29)26-28/h3-6,11-12,24H,2,7-10,13H2,1H3. The number of hydrogen-bond donors (Lipinski definition) is 1. The van der Waals surface area contributed by atoms with Gasteiger partial charge in [-0.1, -0.05) is 11.6 Å². The summed E-state index contributed by atoms with van der Waals surface area (Å²) in [7, 11) is 0. The van der Waals surface area contributed by atoms with Gasteiger partial charge in [0.1, 0.15) is 11.7 Å². The maximum Gasteiger partial charge on any atom is 0.168 e. The van der Waals surface area contributed by atoms with Gasteiger partial charge < -0.3 is 5.32 Å². The SMILES string of the molecule is CCN1N=C2c3cc(F)ccc3N=C(CN3CCNCC3)N2c2ccc(Cl)cc21. The second kappa shape index (κ2) is 7.40. The number of benzene rings is 2. The lowest BCUT2D eigenvalue weighted by molar-refractivity contribution is 0.271. The van der Waals surface area contributed by atoms with Crippen molar-refractivity contribution in [2.24, 2.45) is 10.1 Å². The van der Waals surface area contributed by atoms with Crippen molar-refractivity contribution in [1.82, 2.24) is 10.2 Å². The molecule has 5 rings (SSSR count). The van der Waals surface area contributed by atoms with Gasteiger partial charge in [-0.25, -0.2) is 9.38 Å². The first-order valence-electron chi connectivity index (χ1n) is 9.90. The largest absolute Gasteiger partial charge is 0.314 e. The lowest BCUT2D eigenvalue weighted by atomic mass is 10.1. The number of aliphatic imine (C=N–C) groups is 1. The van der Waals surface area contributed by atoms with E-state index in [4.69, 9.17) is 21.7 Å². The lowest BCUT2D eigenvalue weighted by Gasteiger charge is -2.40. The first kappa shape index (κ1) is 18.5. The third-order valence-corrected chi connectivity index (χ3v) is 5.70. The fraction of sp³-hybridized carbons (Fsp3) is 0.333. The van der Waals surface area contributed by atoms with Crippen molar-refractivity contribution >= 4 is 40.3 Å². The maximum atomic E-state index is 14.1. The molecule has 0 amide bonds. The summed E-state index contributed by atoms with van der Waals surface area (Å²) >= 11 is 6.28. The topological polar surface area (TPSA) is 46.5 Å². The number of amidine groups is 2. The summed E-state index contributed by atoms with van der Waals surface area (Å²) < 4.78 is 14.1. The molecule has 8 heteroatoms. The highest BCUT2D eigenvalue weighted by molar-refractivity contribution is 6.33. The summed E-state index contributed by atoms with van der Waals surface area (Å²) in [6, 6.07) is 10.5. The predicted molar refractivity (Wildman–Crippen MR) is 116 cm³/mol. The number of nitrogens with zero attached hydrogens (tertiary/aromatic N) is 5. The second-order valence-electron chi connectivity index (χ2n) is 7.32. The molecule has 1 N–H and O–H groups in total. The Bertz CT molecular complexity index is 1010. The van der Waals surface area contributed by atoms with Crippen molar-refractivity contribution in [3.05, 3.63) is 52.8 Å². The molecule has 29 heavy (non-hydrogen) atoms. The van der Waals surface area contributed by atoms with Gasteiger partial charge in [-0.05, 0) is 43.3 Å². The highest BCUT2D eigenvalue weighted by Gasteiger charge is 2.35.